The Kier molecular flexibility index (Phi) is 0.538. The molecular weight excluding hydrogens is 82.0 g/mol. The van der Waals surface area contributed by atoms with Crippen LogP contribution in [0, 0.1) is 6.07 Å². The van der Waals surface area contributed by atoms with Gasteiger partial charge in [0.1, 0.15) is 0 Å². The van der Waals surface area contributed by atoms with E-state index in [0.717, 1.165) is 0 Å². The maximum absolute atomic E-state index is 8.19. The van der Waals surface area contributed by atoms with E-state index in [2.05, 4.69) is 15.7 Å². The summed E-state index contributed by atoms with van der Waals surface area (Å²) in [5.41, 5.74) is 0. The molecule has 1 aromatic rings. The molecule has 0 saturated heterocycles. The van der Waals surface area contributed by atoms with Crippen molar-refractivity contribution in [2.75, 3.05) is 0 Å². The van der Waals surface area contributed by atoms with Gasteiger partial charge in [-0.3, -0.25) is 0 Å². The summed E-state index contributed by atoms with van der Waals surface area (Å²) >= 11 is 0. The number of aromatic nitrogens is 1. The van der Waals surface area contributed by atoms with Gasteiger partial charge in [-0.05, 0) is 0 Å². The molecule has 1 heterocycles. The number of hydrogen-bond acceptors (Lipinski definition) is 3. The fourth-order valence-corrected chi connectivity index (χ4v) is 0.184. The van der Waals surface area contributed by atoms with Crippen molar-refractivity contribution in [3.63, 3.8) is 0 Å². The van der Waals surface area contributed by atoms with Gasteiger partial charge < -0.3 is 9.63 Å². The van der Waals surface area contributed by atoms with Crippen LogP contribution in [0.15, 0.2) is 10.7 Å². The molecule has 0 fully saturated rings. The molecule has 3 heteroatoms. The molecule has 1 N–H and O–H groups in total. The minimum atomic E-state index is -0.269. The minimum Gasteiger partial charge on any atom is -0.479 e. The van der Waals surface area contributed by atoms with Crippen LogP contribution in [0.1, 0.15) is 0 Å². The topological polar surface area (TPSA) is 46.3 Å². The summed E-state index contributed by atoms with van der Waals surface area (Å²) < 4.78 is 4.08. The smallest absolute Gasteiger partial charge is 0.316 e. The van der Waals surface area contributed by atoms with Gasteiger partial charge >= 0.3 is 5.95 Å². The molecule has 0 spiro atoms. The average Bonchev–Trinajstić information content (AvgIpc) is 1.86. The van der Waals surface area contributed by atoms with Crippen LogP contribution in [-0.4, -0.2) is 10.3 Å². The summed E-state index contributed by atoms with van der Waals surface area (Å²) in [6, 6.07) is 2.28. The highest BCUT2D eigenvalue weighted by atomic mass is 16.5. The number of rotatable bonds is 0. The van der Waals surface area contributed by atoms with Crippen LogP contribution in [0.5, 0.6) is 5.95 Å². The standard InChI is InChI=1S/C3H2NO2/c5-3-1-2-4-6-3/h2,5H. The molecular formula is C3H2NO2. The van der Waals surface area contributed by atoms with Crippen LogP contribution in [0.2, 0.25) is 0 Å². The first kappa shape index (κ1) is 3.21. The summed E-state index contributed by atoms with van der Waals surface area (Å²) in [6.45, 7) is 0. The maximum atomic E-state index is 8.19. The number of aromatic hydroxyl groups is 1. The third kappa shape index (κ3) is 0.337. The van der Waals surface area contributed by atoms with E-state index < -0.39 is 0 Å². The second kappa shape index (κ2) is 1.01. The molecule has 1 rings (SSSR count). The van der Waals surface area contributed by atoms with Crippen molar-refractivity contribution in [1.82, 2.24) is 5.16 Å². The Hall–Kier alpha value is -0.990. The van der Waals surface area contributed by atoms with Gasteiger partial charge in [-0.2, -0.15) is 0 Å². The average molecular weight is 84.1 g/mol. The van der Waals surface area contributed by atoms with Gasteiger partial charge in [0.25, 0.3) is 0 Å². The molecule has 6 heavy (non-hydrogen) atoms. The molecule has 1 radical (unpaired) electrons. The van der Waals surface area contributed by atoms with E-state index in [1.165, 1.54) is 6.20 Å². The lowest BCUT2D eigenvalue weighted by molar-refractivity contribution is 0.277. The first-order valence-corrected chi connectivity index (χ1v) is 1.41. The monoisotopic (exact) mass is 84.0 g/mol. The largest absolute Gasteiger partial charge is 0.479 e. The first-order valence-electron chi connectivity index (χ1n) is 1.41. The van der Waals surface area contributed by atoms with Gasteiger partial charge in [0.15, 0.2) is 0 Å². The van der Waals surface area contributed by atoms with Crippen LogP contribution in [0.25, 0.3) is 0 Å². The molecule has 0 unspecified atom stereocenters. The predicted octanol–water partition coefficient (Wildman–Crippen LogP) is 0.180. The molecule has 0 aromatic carbocycles. The minimum absolute atomic E-state index is 0.269. The lowest BCUT2D eigenvalue weighted by atomic mass is 10.7. The van der Waals surface area contributed by atoms with Crippen molar-refractivity contribution in [3.8, 4) is 5.95 Å². The highest BCUT2D eigenvalue weighted by Crippen LogP contribution is 1.99. The molecule has 0 aliphatic rings. The third-order valence-corrected chi connectivity index (χ3v) is 0.380. The summed E-state index contributed by atoms with van der Waals surface area (Å²) in [6.07, 6.45) is 1.25. The number of hydrogen-bond donors (Lipinski definition) is 1. The van der Waals surface area contributed by atoms with Crippen molar-refractivity contribution in [1.29, 1.82) is 0 Å². The molecule has 0 saturated carbocycles. The van der Waals surface area contributed by atoms with E-state index >= 15 is 0 Å². The van der Waals surface area contributed by atoms with E-state index in [-0.39, 0.29) is 5.95 Å². The second-order valence-electron chi connectivity index (χ2n) is 0.775. The number of nitrogens with zero attached hydrogens (tertiary/aromatic N) is 1. The summed E-state index contributed by atoms with van der Waals surface area (Å²) in [4.78, 5) is 0. The zero-order valence-corrected chi connectivity index (χ0v) is 2.88. The molecule has 0 aliphatic heterocycles. The van der Waals surface area contributed by atoms with Crippen LogP contribution in [-0.2, 0) is 0 Å². The van der Waals surface area contributed by atoms with E-state index in [4.69, 9.17) is 5.11 Å². The molecule has 0 amide bonds. The van der Waals surface area contributed by atoms with Gasteiger partial charge in [-0.25, -0.2) is 0 Å². The Morgan fingerprint density at radius 3 is 3.00 bits per heavy atom. The molecule has 3 nitrogen and oxygen atoms in total. The van der Waals surface area contributed by atoms with Crippen molar-refractivity contribution in [2.24, 2.45) is 0 Å². The molecule has 31 valence electrons. The van der Waals surface area contributed by atoms with Crippen molar-refractivity contribution >= 4 is 0 Å². The third-order valence-electron chi connectivity index (χ3n) is 0.380. The van der Waals surface area contributed by atoms with E-state index in [1.54, 1.807) is 0 Å². The van der Waals surface area contributed by atoms with Gasteiger partial charge in [0.2, 0.25) is 0 Å². The lowest BCUT2D eigenvalue weighted by Gasteiger charge is -1.65. The Morgan fingerprint density at radius 1 is 2.00 bits per heavy atom. The van der Waals surface area contributed by atoms with Gasteiger partial charge in [0, 0.05) is 0 Å². The quantitative estimate of drug-likeness (QED) is 0.487. The summed E-state index contributed by atoms with van der Waals surface area (Å²) in [5.74, 6) is -0.269. The zero-order chi connectivity index (χ0) is 4.41. The van der Waals surface area contributed by atoms with Gasteiger partial charge in [-0.15, -0.1) is 0 Å². The fourth-order valence-electron chi connectivity index (χ4n) is 0.184. The van der Waals surface area contributed by atoms with Crippen LogP contribution in [0.3, 0.4) is 0 Å². The van der Waals surface area contributed by atoms with E-state index in [1.807, 2.05) is 0 Å². The maximum Gasteiger partial charge on any atom is 0.316 e. The van der Waals surface area contributed by atoms with Crippen LogP contribution in [0.4, 0.5) is 0 Å². The summed E-state index contributed by atoms with van der Waals surface area (Å²) in [5, 5.41) is 11.3. The fraction of sp³-hybridized carbons (Fsp3) is 0. The van der Waals surface area contributed by atoms with E-state index in [9.17, 15) is 0 Å². The Balaban J connectivity index is 3.05. The highest BCUT2D eigenvalue weighted by Gasteiger charge is 1.83. The normalized spacial score (nSPS) is 8.67. The van der Waals surface area contributed by atoms with E-state index in [0.29, 0.717) is 0 Å². The Labute approximate surface area is 34.2 Å². The van der Waals surface area contributed by atoms with Crippen LogP contribution < -0.4 is 0 Å². The first-order chi connectivity index (χ1) is 2.89. The van der Waals surface area contributed by atoms with Crippen molar-refractivity contribution in [2.45, 2.75) is 0 Å². The lowest BCUT2D eigenvalue weighted by Crippen LogP contribution is -1.44. The second-order valence-corrected chi connectivity index (χ2v) is 0.775. The van der Waals surface area contributed by atoms with Crippen LogP contribution >= 0.6 is 0 Å². The molecule has 0 bridgehead atoms. The summed E-state index contributed by atoms with van der Waals surface area (Å²) in [7, 11) is 0. The SMILES string of the molecule is Oc1[c]cno1. The van der Waals surface area contributed by atoms with Crippen molar-refractivity contribution in [3.05, 3.63) is 12.3 Å². The molecule has 0 atom stereocenters. The Morgan fingerprint density at radius 2 is 2.83 bits per heavy atom. The zero-order valence-electron chi connectivity index (χ0n) is 2.88. The van der Waals surface area contributed by atoms with Crippen molar-refractivity contribution < 1.29 is 9.63 Å². The van der Waals surface area contributed by atoms with Gasteiger partial charge in [0.05, 0.1) is 12.3 Å². The van der Waals surface area contributed by atoms with Gasteiger partial charge in [-0.1, -0.05) is 5.16 Å². The highest BCUT2D eigenvalue weighted by molar-refractivity contribution is 4.91. The molecule has 0 aliphatic carbocycles. The molecule has 1 aromatic heterocycles. The Bertz CT molecular complexity index is 112. The predicted molar refractivity (Wildman–Crippen MR) is 17.0 cm³/mol.